The summed E-state index contributed by atoms with van der Waals surface area (Å²) in [5, 5.41) is 7.63. The van der Waals surface area contributed by atoms with E-state index in [0.29, 0.717) is 34.8 Å². The van der Waals surface area contributed by atoms with Crippen molar-refractivity contribution in [2.75, 3.05) is 6.54 Å². The number of likely N-dealkylation sites (N-methyl/N-ethyl adjacent to an activating group) is 1. The number of nitrogens with one attached hydrogen (secondary N) is 1. The molecule has 1 N–H and O–H groups in total. The average Bonchev–Trinajstić information content (AvgIpc) is 2.90. The van der Waals surface area contributed by atoms with Gasteiger partial charge < -0.3 is 9.84 Å². The first-order valence-corrected chi connectivity index (χ1v) is 7.49. The first kappa shape index (κ1) is 15.9. The van der Waals surface area contributed by atoms with E-state index in [4.69, 9.17) is 16.1 Å². The van der Waals surface area contributed by atoms with Crippen molar-refractivity contribution in [3.05, 3.63) is 46.3 Å². The Kier molecular flexibility index (Phi) is 5.70. The van der Waals surface area contributed by atoms with Gasteiger partial charge in [0.1, 0.15) is 5.82 Å². The third-order valence-corrected chi connectivity index (χ3v) is 3.67. The van der Waals surface area contributed by atoms with Crippen LogP contribution in [0.1, 0.15) is 37.5 Å². The molecule has 0 amide bonds. The summed E-state index contributed by atoms with van der Waals surface area (Å²) in [6.45, 7) is 5.05. The minimum atomic E-state index is -0.354. The van der Waals surface area contributed by atoms with Gasteiger partial charge in [-0.1, -0.05) is 36.7 Å². The van der Waals surface area contributed by atoms with E-state index in [0.717, 1.165) is 13.0 Å². The third-order valence-electron chi connectivity index (χ3n) is 3.31. The molecule has 0 radical (unpaired) electrons. The Bertz CT molecular complexity index is 568. The molecule has 1 aromatic carbocycles. The molecule has 114 valence electrons. The first-order chi connectivity index (χ1) is 10.1. The molecule has 21 heavy (non-hydrogen) atoms. The van der Waals surface area contributed by atoms with Gasteiger partial charge in [-0.05, 0) is 25.1 Å². The summed E-state index contributed by atoms with van der Waals surface area (Å²) in [5.74, 6) is 0.654. The van der Waals surface area contributed by atoms with Crippen molar-refractivity contribution in [1.82, 2.24) is 15.5 Å². The lowest BCUT2D eigenvalue weighted by Crippen LogP contribution is -2.30. The van der Waals surface area contributed by atoms with Gasteiger partial charge in [0.15, 0.2) is 5.82 Å². The van der Waals surface area contributed by atoms with Crippen LogP contribution in [0, 0.1) is 5.82 Å². The molecule has 1 unspecified atom stereocenters. The number of aromatic nitrogens is 2. The van der Waals surface area contributed by atoms with Crippen LogP contribution in [0.3, 0.4) is 0 Å². The van der Waals surface area contributed by atoms with E-state index in [1.807, 2.05) is 0 Å². The summed E-state index contributed by atoms with van der Waals surface area (Å²) >= 11 is 6.00. The number of hydrogen-bond donors (Lipinski definition) is 1. The number of benzene rings is 1. The van der Waals surface area contributed by atoms with Crippen LogP contribution in [0.4, 0.5) is 4.39 Å². The smallest absolute Gasteiger partial charge is 0.228 e. The Hall–Kier alpha value is -1.46. The Labute approximate surface area is 128 Å². The Balaban J connectivity index is 2.06. The van der Waals surface area contributed by atoms with E-state index >= 15 is 0 Å². The molecule has 0 saturated heterocycles. The molecule has 0 bridgehead atoms. The molecule has 6 heteroatoms. The second-order valence-electron chi connectivity index (χ2n) is 4.85. The van der Waals surface area contributed by atoms with Crippen LogP contribution < -0.4 is 5.32 Å². The maximum atomic E-state index is 13.7. The molecule has 0 saturated carbocycles. The summed E-state index contributed by atoms with van der Waals surface area (Å²) in [4.78, 5) is 4.31. The Morgan fingerprint density at radius 3 is 2.86 bits per heavy atom. The molecule has 1 heterocycles. The van der Waals surface area contributed by atoms with Crippen LogP contribution in [-0.4, -0.2) is 22.7 Å². The van der Waals surface area contributed by atoms with Gasteiger partial charge in [-0.3, -0.25) is 0 Å². The maximum Gasteiger partial charge on any atom is 0.228 e. The van der Waals surface area contributed by atoms with Gasteiger partial charge in [0, 0.05) is 29.5 Å². The summed E-state index contributed by atoms with van der Waals surface area (Å²) in [7, 11) is 0. The molecule has 2 rings (SSSR count). The van der Waals surface area contributed by atoms with Crippen molar-refractivity contribution in [2.45, 2.75) is 39.2 Å². The zero-order valence-corrected chi connectivity index (χ0v) is 13.0. The standard InChI is InChI=1S/C15H19ClFN3O/c1-3-10(18-4-2)8-15-19-14(20-21-15)9-11-12(16)6-5-7-13(11)17/h5-7,10,18H,3-4,8-9H2,1-2H3. The highest BCUT2D eigenvalue weighted by atomic mass is 35.5. The maximum absolute atomic E-state index is 13.7. The van der Waals surface area contributed by atoms with Gasteiger partial charge in [-0.2, -0.15) is 4.98 Å². The summed E-state index contributed by atoms with van der Waals surface area (Å²) in [5.41, 5.74) is 0.394. The summed E-state index contributed by atoms with van der Waals surface area (Å²) in [6.07, 6.45) is 1.88. The van der Waals surface area contributed by atoms with Crippen LogP contribution in [0.2, 0.25) is 5.02 Å². The van der Waals surface area contributed by atoms with Crippen LogP contribution in [0.25, 0.3) is 0 Å². The van der Waals surface area contributed by atoms with Crippen LogP contribution in [0.15, 0.2) is 22.7 Å². The van der Waals surface area contributed by atoms with Gasteiger partial charge in [-0.25, -0.2) is 4.39 Å². The van der Waals surface area contributed by atoms with Gasteiger partial charge in [-0.15, -0.1) is 0 Å². The molecule has 0 fully saturated rings. The van der Waals surface area contributed by atoms with E-state index in [2.05, 4.69) is 29.3 Å². The number of rotatable bonds is 7. The first-order valence-electron chi connectivity index (χ1n) is 7.11. The van der Waals surface area contributed by atoms with E-state index in [-0.39, 0.29) is 12.2 Å². The van der Waals surface area contributed by atoms with Crippen molar-refractivity contribution in [1.29, 1.82) is 0 Å². The molecule has 0 aliphatic rings. The van der Waals surface area contributed by atoms with E-state index < -0.39 is 0 Å². The van der Waals surface area contributed by atoms with Crippen molar-refractivity contribution in [2.24, 2.45) is 0 Å². The van der Waals surface area contributed by atoms with E-state index in [1.165, 1.54) is 6.07 Å². The van der Waals surface area contributed by atoms with Gasteiger partial charge in [0.25, 0.3) is 0 Å². The highest BCUT2D eigenvalue weighted by Gasteiger charge is 2.15. The zero-order chi connectivity index (χ0) is 15.2. The second kappa shape index (κ2) is 7.52. The molecule has 0 aliphatic heterocycles. The lowest BCUT2D eigenvalue weighted by Gasteiger charge is -2.12. The molecule has 2 aromatic rings. The van der Waals surface area contributed by atoms with Crippen LogP contribution in [0.5, 0.6) is 0 Å². The quantitative estimate of drug-likeness (QED) is 0.851. The molecule has 0 aliphatic carbocycles. The lowest BCUT2D eigenvalue weighted by atomic mass is 10.1. The molecule has 4 nitrogen and oxygen atoms in total. The van der Waals surface area contributed by atoms with E-state index in [1.54, 1.807) is 12.1 Å². The van der Waals surface area contributed by atoms with E-state index in [9.17, 15) is 4.39 Å². The number of nitrogens with zero attached hydrogens (tertiary/aromatic N) is 2. The highest BCUT2D eigenvalue weighted by Crippen LogP contribution is 2.21. The number of hydrogen-bond acceptors (Lipinski definition) is 4. The molecular formula is C15H19ClFN3O. The highest BCUT2D eigenvalue weighted by molar-refractivity contribution is 6.31. The molecular weight excluding hydrogens is 293 g/mol. The fourth-order valence-electron chi connectivity index (χ4n) is 2.16. The Morgan fingerprint density at radius 2 is 2.19 bits per heavy atom. The third kappa shape index (κ3) is 4.25. The topological polar surface area (TPSA) is 51.0 Å². The van der Waals surface area contributed by atoms with Gasteiger partial charge in [0.05, 0.1) is 0 Å². The normalized spacial score (nSPS) is 12.6. The molecule has 0 spiro atoms. The largest absolute Gasteiger partial charge is 0.339 e. The number of halogens is 2. The predicted molar refractivity (Wildman–Crippen MR) is 80.0 cm³/mol. The van der Waals surface area contributed by atoms with Crippen molar-refractivity contribution in [3.63, 3.8) is 0 Å². The van der Waals surface area contributed by atoms with Gasteiger partial charge >= 0.3 is 0 Å². The molecule has 1 aromatic heterocycles. The van der Waals surface area contributed by atoms with Crippen LogP contribution >= 0.6 is 11.6 Å². The minimum absolute atomic E-state index is 0.229. The lowest BCUT2D eigenvalue weighted by molar-refractivity contribution is 0.352. The Morgan fingerprint density at radius 1 is 1.38 bits per heavy atom. The van der Waals surface area contributed by atoms with Crippen molar-refractivity contribution in [3.8, 4) is 0 Å². The monoisotopic (exact) mass is 311 g/mol. The minimum Gasteiger partial charge on any atom is -0.339 e. The molecule has 1 atom stereocenters. The fourth-order valence-corrected chi connectivity index (χ4v) is 2.39. The van der Waals surface area contributed by atoms with Crippen molar-refractivity contribution < 1.29 is 8.91 Å². The zero-order valence-electron chi connectivity index (χ0n) is 12.2. The SMILES string of the molecule is CCNC(CC)Cc1nc(Cc2c(F)cccc2Cl)no1. The summed E-state index contributed by atoms with van der Waals surface area (Å²) < 4.78 is 19.0. The predicted octanol–water partition coefficient (Wildman–Crippen LogP) is 3.38. The van der Waals surface area contributed by atoms with Crippen molar-refractivity contribution >= 4 is 11.6 Å². The second-order valence-corrected chi connectivity index (χ2v) is 5.26. The fraction of sp³-hybridized carbons (Fsp3) is 0.467. The van der Waals surface area contributed by atoms with Crippen LogP contribution in [-0.2, 0) is 12.8 Å². The van der Waals surface area contributed by atoms with Gasteiger partial charge in [0.2, 0.25) is 5.89 Å². The average molecular weight is 312 g/mol. The summed E-state index contributed by atoms with van der Waals surface area (Å²) in [6, 6.07) is 4.91.